The minimum absolute atomic E-state index is 0.452. The van der Waals surface area contributed by atoms with Crippen LogP contribution in [0.3, 0.4) is 0 Å². The number of hydrogen-bond acceptors (Lipinski definition) is 3. The van der Waals surface area contributed by atoms with Crippen molar-refractivity contribution >= 4 is 37.5 Å². The molecule has 5 heteroatoms. The fraction of sp³-hybridized carbons (Fsp3) is 0. The molecule has 0 saturated carbocycles. The van der Waals surface area contributed by atoms with Gasteiger partial charge < -0.3 is 10.5 Å². The van der Waals surface area contributed by atoms with Gasteiger partial charge in [-0.05, 0) is 46.3 Å². The van der Waals surface area contributed by atoms with E-state index in [2.05, 4.69) is 37.9 Å². The van der Waals surface area contributed by atoms with Gasteiger partial charge in [0, 0.05) is 4.47 Å². The molecule has 2 aromatic rings. The van der Waals surface area contributed by atoms with Crippen LogP contribution in [0, 0.1) is 11.3 Å². The van der Waals surface area contributed by atoms with Gasteiger partial charge in [0.15, 0.2) is 5.75 Å². The second kappa shape index (κ2) is 5.42. The van der Waals surface area contributed by atoms with Gasteiger partial charge in [-0.25, -0.2) is 0 Å². The van der Waals surface area contributed by atoms with Crippen LogP contribution in [-0.2, 0) is 0 Å². The Balaban J connectivity index is 2.46. The molecular formula is C13H8Br2N2O. The number of nitrogens with two attached hydrogens (primary N) is 1. The molecule has 2 N–H and O–H groups in total. The zero-order chi connectivity index (χ0) is 13.1. The minimum Gasteiger partial charge on any atom is -0.453 e. The first-order valence-electron chi connectivity index (χ1n) is 5.03. The molecule has 0 radical (unpaired) electrons. The maximum Gasteiger partial charge on any atom is 0.164 e. The molecule has 0 unspecified atom stereocenters. The van der Waals surface area contributed by atoms with E-state index in [9.17, 15) is 0 Å². The highest BCUT2D eigenvalue weighted by Crippen LogP contribution is 2.36. The van der Waals surface area contributed by atoms with Gasteiger partial charge in [-0.3, -0.25) is 0 Å². The van der Waals surface area contributed by atoms with Gasteiger partial charge in [0.25, 0.3) is 0 Å². The molecule has 0 amide bonds. The summed E-state index contributed by atoms with van der Waals surface area (Å²) in [7, 11) is 0. The molecule has 2 aromatic carbocycles. The fourth-order valence-corrected chi connectivity index (χ4v) is 2.22. The smallest absolute Gasteiger partial charge is 0.164 e. The number of rotatable bonds is 2. The summed E-state index contributed by atoms with van der Waals surface area (Å²) in [5.74, 6) is 0.970. The summed E-state index contributed by atoms with van der Waals surface area (Å²) in [4.78, 5) is 0. The summed E-state index contributed by atoms with van der Waals surface area (Å²) in [5.41, 5.74) is 6.81. The first-order valence-corrected chi connectivity index (χ1v) is 6.62. The Bertz CT molecular complexity index is 615. The number of benzene rings is 2. The van der Waals surface area contributed by atoms with Crippen LogP contribution in [0.15, 0.2) is 45.3 Å². The second-order valence-corrected chi connectivity index (χ2v) is 5.28. The van der Waals surface area contributed by atoms with Gasteiger partial charge >= 0.3 is 0 Å². The van der Waals surface area contributed by atoms with E-state index in [1.807, 2.05) is 12.1 Å². The summed E-state index contributed by atoms with van der Waals surface area (Å²) in [6.45, 7) is 0. The largest absolute Gasteiger partial charge is 0.453 e. The summed E-state index contributed by atoms with van der Waals surface area (Å²) in [6, 6.07) is 12.7. The Kier molecular flexibility index (Phi) is 3.90. The van der Waals surface area contributed by atoms with Crippen LogP contribution in [0.5, 0.6) is 11.5 Å². The molecule has 0 heterocycles. The number of nitrogens with zero attached hydrogens (tertiary/aromatic N) is 1. The van der Waals surface area contributed by atoms with Crippen molar-refractivity contribution in [2.24, 2.45) is 0 Å². The van der Waals surface area contributed by atoms with E-state index in [0.29, 0.717) is 22.7 Å². The third-order valence-electron chi connectivity index (χ3n) is 2.27. The molecule has 0 spiro atoms. The Morgan fingerprint density at radius 3 is 2.61 bits per heavy atom. The van der Waals surface area contributed by atoms with Gasteiger partial charge in [-0.2, -0.15) is 5.26 Å². The van der Waals surface area contributed by atoms with E-state index in [1.54, 1.807) is 24.3 Å². The zero-order valence-corrected chi connectivity index (χ0v) is 12.3. The fourth-order valence-electron chi connectivity index (χ4n) is 1.42. The molecule has 0 atom stereocenters. The van der Waals surface area contributed by atoms with Crippen molar-refractivity contribution in [3.8, 4) is 17.6 Å². The zero-order valence-electron chi connectivity index (χ0n) is 9.15. The number of anilines is 1. The molecule has 90 valence electrons. The van der Waals surface area contributed by atoms with Crippen LogP contribution in [0.25, 0.3) is 0 Å². The van der Waals surface area contributed by atoms with Gasteiger partial charge in [0.2, 0.25) is 0 Å². The number of para-hydroxylation sites is 1. The Hall–Kier alpha value is -1.51. The third-order valence-corrected chi connectivity index (χ3v) is 3.39. The first-order chi connectivity index (χ1) is 8.61. The van der Waals surface area contributed by atoms with Crippen molar-refractivity contribution in [3.63, 3.8) is 0 Å². The highest BCUT2D eigenvalue weighted by Gasteiger charge is 2.10. The van der Waals surface area contributed by atoms with Gasteiger partial charge in [0.1, 0.15) is 11.8 Å². The van der Waals surface area contributed by atoms with Gasteiger partial charge in [-0.1, -0.05) is 22.0 Å². The number of halogens is 2. The van der Waals surface area contributed by atoms with Crippen molar-refractivity contribution in [2.45, 2.75) is 0 Å². The highest BCUT2D eigenvalue weighted by atomic mass is 79.9. The van der Waals surface area contributed by atoms with Crippen LogP contribution < -0.4 is 10.5 Å². The molecule has 0 saturated heterocycles. The van der Waals surface area contributed by atoms with Crippen molar-refractivity contribution in [1.82, 2.24) is 0 Å². The van der Waals surface area contributed by atoms with Gasteiger partial charge in [0.05, 0.1) is 15.7 Å². The molecule has 3 nitrogen and oxygen atoms in total. The monoisotopic (exact) mass is 366 g/mol. The predicted molar refractivity (Wildman–Crippen MR) is 77.5 cm³/mol. The normalized spacial score (nSPS) is 9.83. The van der Waals surface area contributed by atoms with Crippen molar-refractivity contribution in [1.29, 1.82) is 5.26 Å². The molecule has 0 aliphatic heterocycles. The molecular weight excluding hydrogens is 360 g/mol. The predicted octanol–water partition coefficient (Wildman–Crippen LogP) is 4.46. The standard InChI is InChI=1S/C13H8Br2N2O/c14-9-5-4-8(7-16)12(6-9)18-13-10(15)2-1-3-11(13)17/h1-6H,17H2. The molecule has 0 aliphatic carbocycles. The van der Waals surface area contributed by atoms with Crippen molar-refractivity contribution < 1.29 is 4.74 Å². The molecule has 2 rings (SSSR count). The maximum absolute atomic E-state index is 9.04. The number of ether oxygens (including phenoxy) is 1. The Morgan fingerprint density at radius 1 is 1.17 bits per heavy atom. The van der Waals surface area contributed by atoms with E-state index in [1.165, 1.54) is 0 Å². The summed E-state index contributed by atoms with van der Waals surface area (Å²) in [6.07, 6.45) is 0. The summed E-state index contributed by atoms with van der Waals surface area (Å²) < 4.78 is 7.30. The molecule has 0 fully saturated rings. The lowest BCUT2D eigenvalue weighted by Gasteiger charge is -2.11. The van der Waals surface area contributed by atoms with Crippen LogP contribution in [0.4, 0.5) is 5.69 Å². The van der Waals surface area contributed by atoms with Crippen molar-refractivity contribution in [2.75, 3.05) is 5.73 Å². The minimum atomic E-state index is 0.452. The maximum atomic E-state index is 9.04. The highest BCUT2D eigenvalue weighted by molar-refractivity contribution is 9.10. The lowest BCUT2D eigenvalue weighted by molar-refractivity contribution is 0.480. The van der Waals surface area contributed by atoms with E-state index in [4.69, 9.17) is 15.7 Å². The third kappa shape index (κ3) is 2.66. The average molecular weight is 368 g/mol. The first kappa shape index (κ1) is 12.9. The summed E-state index contributed by atoms with van der Waals surface area (Å²) >= 11 is 6.71. The van der Waals surface area contributed by atoms with Crippen LogP contribution in [0.1, 0.15) is 5.56 Å². The lowest BCUT2D eigenvalue weighted by atomic mass is 10.2. The number of nitriles is 1. The lowest BCUT2D eigenvalue weighted by Crippen LogP contribution is -1.94. The van der Waals surface area contributed by atoms with Crippen LogP contribution >= 0.6 is 31.9 Å². The van der Waals surface area contributed by atoms with E-state index >= 15 is 0 Å². The SMILES string of the molecule is N#Cc1ccc(Br)cc1Oc1c(N)cccc1Br. The Labute approximate surface area is 121 Å². The molecule has 0 aliphatic rings. The van der Waals surface area contributed by atoms with Crippen LogP contribution in [0.2, 0.25) is 0 Å². The van der Waals surface area contributed by atoms with E-state index in [0.717, 1.165) is 8.95 Å². The average Bonchev–Trinajstić information content (AvgIpc) is 2.34. The number of nitrogen functional groups attached to an aromatic ring is 1. The molecule has 18 heavy (non-hydrogen) atoms. The topological polar surface area (TPSA) is 59.0 Å². The van der Waals surface area contributed by atoms with Crippen LogP contribution in [-0.4, -0.2) is 0 Å². The van der Waals surface area contributed by atoms with E-state index in [-0.39, 0.29) is 0 Å². The summed E-state index contributed by atoms with van der Waals surface area (Å²) in [5, 5.41) is 9.04. The second-order valence-electron chi connectivity index (χ2n) is 3.51. The molecule has 0 bridgehead atoms. The quantitative estimate of drug-likeness (QED) is 0.797. The molecule has 0 aromatic heterocycles. The van der Waals surface area contributed by atoms with Crippen molar-refractivity contribution in [3.05, 3.63) is 50.9 Å². The number of hydrogen-bond donors (Lipinski definition) is 1. The Morgan fingerprint density at radius 2 is 1.94 bits per heavy atom. The van der Waals surface area contributed by atoms with Gasteiger partial charge in [-0.15, -0.1) is 0 Å². The van der Waals surface area contributed by atoms with E-state index < -0.39 is 0 Å².